The molecular formula is C23H15F3N2O. The van der Waals surface area contributed by atoms with Crippen molar-refractivity contribution < 1.29 is 13.2 Å². The summed E-state index contributed by atoms with van der Waals surface area (Å²) in [6.07, 6.45) is -1.12. The molecule has 3 nitrogen and oxygen atoms in total. The predicted octanol–water partition coefficient (Wildman–Crippen LogP) is 5.57. The lowest BCUT2D eigenvalue weighted by Gasteiger charge is -2.11. The summed E-state index contributed by atoms with van der Waals surface area (Å²) in [5.41, 5.74) is 0.855. The number of hydrogen-bond donors (Lipinski definition) is 0. The summed E-state index contributed by atoms with van der Waals surface area (Å²) in [6, 6.07) is 20.9. The van der Waals surface area contributed by atoms with Gasteiger partial charge in [-0.15, -0.1) is 0 Å². The van der Waals surface area contributed by atoms with Crippen LogP contribution in [-0.4, -0.2) is 9.55 Å². The van der Waals surface area contributed by atoms with Gasteiger partial charge in [-0.2, -0.15) is 13.2 Å². The van der Waals surface area contributed by atoms with E-state index in [9.17, 15) is 18.0 Å². The maximum absolute atomic E-state index is 13.1. The molecular weight excluding hydrogens is 377 g/mol. The van der Waals surface area contributed by atoms with Gasteiger partial charge in [0.05, 0.1) is 22.2 Å². The molecule has 0 aliphatic carbocycles. The number of nitrogens with zero attached hydrogens (tertiary/aromatic N) is 2. The van der Waals surface area contributed by atoms with Crippen molar-refractivity contribution in [3.05, 3.63) is 106 Å². The Kier molecular flexibility index (Phi) is 4.76. The first-order valence-electron chi connectivity index (χ1n) is 8.86. The van der Waals surface area contributed by atoms with Crippen molar-refractivity contribution in [1.29, 1.82) is 0 Å². The van der Waals surface area contributed by atoms with Gasteiger partial charge < -0.3 is 0 Å². The number of aromatic nitrogens is 2. The molecule has 1 aromatic heterocycles. The standard InChI is InChI=1S/C23H15F3N2O/c24-23(25,26)17-13-10-16(11-14-17)12-15-21-27-20-9-5-4-8-19(20)22(29)28(21)18-6-2-1-3-7-18/h1-15H/b15-12+. The molecule has 0 radical (unpaired) electrons. The molecule has 4 rings (SSSR count). The van der Waals surface area contributed by atoms with E-state index in [0.29, 0.717) is 28.0 Å². The predicted molar refractivity (Wildman–Crippen MR) is 108 cm³/mol. The molecule has 0 aliphatic rings. The molecule has 0 N–H and O–H groups in total. The smallest absolute Gasteiger partial charge is 0.268 e. The van der Waals surface area contributed by atoms with Crippen molar-refractivity contribution in [2.75, 3.05) is 0 Å². The summed E-state index contributed by atoms with van der Waals surface area (Å²) in [7, 11) is 0. The average Bonchev–Trinajstić information content (AvgIpc) is 2.73. The fourth-order valence-corrected chi connectivity index (χ4v) is 3.04. The Morgan fingerprint density at radius 2 is 1.45 bits per heavy atom. The molecule has 0 spiro atoms. The van der Waals surface area contributed by atoms with Crippen molar-refractivity contribution >= 4 is 23.1 Å². The summed E-state index contributed by atoms with van der Waals surface area (Å²) in [4.78, 5) is 17.7. The molecule has 0 aliphatic heterocycles. The number of halogens is 3. The van der Waals surface area contributed by atoms with Crippen LogP contribution in [0.2, 0.25) is 0 Å². The number of alkyl halides is 3. The van der Waals surface area contributed by atoms with Crippen molar-refractivity contribution in [2.45, 2.75) is 6.18 Å². The third kappa shape index (κ3) is 3.82. The molecule has 29 heavy (non-hydrogen) atoms. The third-order valence-electron chi connectivity index (χ3n) is 4.48. The van der Waals surface area contributed by atoms with Crippen molar-refractivity contribution in [3.63, 3.8) is 0 Å². The third-order valence-corrected chi connectivity index (χ3v) is 4.48. The average molecular weight is 392 g/mol. The number of fused-ring (bicyclic) bond motifs is 1. The molecule has 1 heterocycles. The van der Waals surface area contributed by atoms with Crippen LogP contribution < -0.4 is 5.56 Å². The minimum absolute atomic E-state index is 0.214. The Morgan fingerprint density at radius 3 is 2.14 bits per heavy atom. The monoisotopic (exact) mass is 392 g/mol. The first-order chi connectivity index (χ1) is 13.9. The van der Waals surface area contributed by atoms with Crippen LogP contribution in [0.1, 0.15) is 17.0 Å². The molecule has 4 aromatic rings. The summed E-state index contributed by atoms with van der Waals surface area (Å²) in [5.74, 6) is 0.389. The molecule has 0 saturated carbocycles. The number of hydrogen-bond acceptors (Lipinski definition) is 2. The first-order valence-corrected chi connectivity index (χ1v) is 8.86. The summed E-state index contributed by atoms with van der Waals surface area (Å²) in [6.45, 7) is 0. The van der Waals surface area contributed by atoms with Crippen molar-refractivity contribution in [1.82, 2.24) is 9.55 Å². The second-order valence-corrected chi connectivity index (χ2v) is 6.42. The van der Waals surface area contributed by atoms with Crippen LogP contribution >= 0.6 is 0 Å². The Balaban J connectivity index is 1.82. The van der Waals surface area contributed by atoms with Gasteiger partial charge in [0.25, 0.3) is 5.56 Å². The minimum Gasteiger partial charge on any atom is -0.268 e. The van der Waals surface area contributed by atoms with E-state index >= 15 is 0 Å². The van der Waals surface area contributed by atoms with Gasteiger partial charge in [0.15, 0.2) is 0 Å². The topological polar surface area (TPSA) is 34.9 Å². The number of para-hydroxylation sites is 2. The van der Waals surface area contributed by atoms with Crippen LogP contribution in [0.25, 0.3) is 28.7 Å². The van der Waals surface area contributed by atoms with Crippen LogP contribution in [-0.2, 0) is 6.18 Å². The van der Waals surface area contributed by atoms with Crippen LogP contribution in [0.4, 0.5) is 13.2 Å². The lowest BCUT2D eigenvalue weighted by molar-refractivity contribution is -0.137. The summed E-state index contributed by atoms with van der Waals surface area (Å²) < 4.78 is 39.7. The van der Waals surface area contributed by atoms with Gasteiger partial charge in [0, 0.05) is 0 Å². The second-order valence-electron chi connectivity index (χ2n) is 6.42. The highest BCUT2D eigenvalue weighted by Crippen LogP contribution is 2.29. The summed E-state index contributed by atoms with van der Waals surface area (Å²) in [5, 5.41) is 0.489. The van der Waals surface area contributed by atoms with E-state index < -0.39 is 11.7 Å². The Morgan fingerprint density at radius 1 is 0.793 bits per heavy atom. The molecule has 144 valence electrons. The van der Waals surface area contributed by atoms with Crippen LogP contribution in [0.5, 0.6) is 0 Å². The van der Waals surface area contributed by atoms with Crippen LogP contribution in [0, 0.1) is 0 Å². The molecule has 6 heteroatoms. The summed E-state index contributed by atoms with van der Waals surface area (Å²) >= 11 is 0. The highest BCUT2D eigenvalue weighted by molar-refractivity contribution is 5.80. The first kappa shape index (κ1) is 18.7. The van der Waals surface area contributed by atoms with E-state index in [1.54, 1.807) is 48.6 Å². The maximum Gasteiger partial charge on any atom is 0.416 e. The normalized spacial score (nSPS) is 12.0. The van der Waals surface area contributed by atoms with Gasteiger partial charge >= 0.3 is 6.18 Å². The van der Waals surface area contributed by atoms with Crippen LogP contribution in [0.3, 0.4) is 0 Å². The Labute approximate surface area is 164 Å². The molecule has 3 aromatic carbocycles. The van der Waals surface area contributed by atoms with Crippen molar-refractivity contribution in [3.8, 4) is 5.69 Å². The van der Waals surface area contributed by atoms with Gasteiger partial charge in [-0.3, -0.25) is 9.36 Å². The maximum atomic E-state index is 13.1. The SMILES string of the molecule is O=c1c2ccccc2nc(/C=C/c2ccc(C(F)(F)F)cc2)n1-c1ccccc1. The Bertz CT molecular complexity index is 1240. The molecule has 0 bridgehead atoms. The fourth-order valence-electron chi connectivity index (χ4n) is 3.04. The van der Waals surface area contributed by atoms with Gasteiger partial charge in [-0.1, -0.05) is 48.5 Å². The van der Waals surface area contributed by atoms with Gasteiger partial charge in [-0.05, 0) is 48.0 Å². The fraction of sp³-hybridized carbons (Fsp3) is 0.0435. The van der Waals surface area contributed by atoms with Crippen LogP contribution in [0.15, 0.2) is 83.7 Å². The second kappa shape index (κ2) is 7.39. The van der Waals surface area contributed by atoms with Gasteiger partial charge in [-0.25, -0.2) is 4.98 Å². The minimum atomic E-state index is -4.38. The highest BCUT2D eigenvalue weighted by atomic mass is 19.4. The molecule has 0 unspecified atom stereocenters. The van der Waals surface area contributed by atoms with Gasteiger partial charge in [0.1, 0.15) is 5.82 Å². The quantitative estimate of drug-likeness (QED) is 0.457. The van der Waals surface area contributed by atoms with E-state index in [2.05, 4.69) is 4.98 Å². The largest absolute Gasteiger partial charge is 0.416 e. The van der Waals surface area contributed by atoms with E-state index in [1.165, 1.54) is 16.7 Å². The van der Waals surface area contributed by atoms with E-state index in [4.69, 9.17) is 0 Å². The highest BCUT2D eigenvalue weighted by Gasteiger charge is 2.29. The molecule has 0 atom stereocenters. The number of benzene rings is 3. The zero-order valence-electron chi connectivity index (χ0n) is 15.1. The number of rotatable bonds is 3. The van der Waals surface area contributed by atoms with E-state index in [0.717, 1.165) is 12.1 Å². The molecule has 0 amide bonds. The van der Waals surface area contributed by atoms with Gasteiger partial charge in [0.2, 0.25) is 0 Å². The zero-order chi connectivity index (χ0) is 20.4. The molecule has 0 fully saturated rings. The van der Waals surface area contributed by atoms with E-state index in [1.807, 2.05) is 18.2 Å². The van der Waals surface area contributed by atoms with E-state index in [-0.39, 0.29) is 5.56 Å². The Hall–Kier alpha value is -3.67. The van der Waals surface area contributed by atoms with Crippen molar-refractivity contribution in [2.24, 2.45) is 0 Å². The zero-order valence-corrected chi connectivity index (χ0v) is 15.1. The lowest BCUT2D eigenvalue weighted by atomic mass is 10.1. The lowest BCUT2D eigenvalue weighted by Crippen LogP contribution is -2.22. The molecule has 0 saturated heterocycles.